The molecular formula is C16H21N3O. The topological polar surface area (TPSA) is 47.0 Å². The monoisotopic (exact) mass is 271 g/mol. The molecule has 20 heavy (non-hydrogen) atoms. The number of benzene rings is 1. The molecule has 106 valence electrons. The number of methoxy groups -OCH3 is 1. The van der Waals surface area contributed by atoms with Crippen molar-refractivity contribution < 1.29 is 4.74 Å². The second-order valence-electron chi connectivity index (χ2n) is 4.75. The van der Waals surface area contributed by atoms with Crippen molar-refractivity contribution in [2.45, 2.75) is 27.2 Å². The molecule has 1 heterocycles. The maximum Gasteiger partial charge on any atom is 0.133 e. The van der Waals surface area contributed by atoms with E-state index in [-0.39, 0.29) is 0 Å². The van der Waals surface area contributed by atoms with E-state index in [1.54, 1.807) is 7.11 Å². The molecule has 0 aliphatic carbocycles. The molecule has 0 atom stereocenters. The number of rotatable bonds is 5. The molecule has 2 aromatic rings. The Labute approximate surface area is 120 Å². The van der Waals surface area contributed by atoms with Crippen molar-refractivity contribution in [1.82, 2.24) is 9.97 Å². The standard InChI is InChI=1S/C16H21N3O/c1-5-10-17-16-11(2)15(18-12(3)19-16)13-6-8-14(20-4)9-7-13/h6-9H,5,10H2,1-4H3,(H,17,18,19). The Morgan fingerprint density at radius 1 is 1.10 bits per heavy atom. The average Bonchev–Trinajstić information content (AvgIpc) is 2.48. The zero-order chi connectivity index (χ0) is 14.5. The molecule has 0 unspecified atom stereocenters. The van der Waals surface area contributed by atoms with Crippen molar-refractivity contribution in [3.05, 3.63) is 35.7 Å². The molecule has 0 aliphatic rings. The molecule has 0 saturated carbocycles. The summed E-state index contributed by atoms with van der Waals surface area (Å²) in [7, 11) is 1.67. The SMILES string of the molecule is CCCNc1nc(C)nc(-c2ccc(OC)cc2)c1C. The number of aromatic nitrogens is 2. The van der Waals surface area contributed by atoms with E-state index >= 15 is 0 Å². The summed E-state index contributed by atoms with van der Waals surface area (Å²) < 4.78 is 5.19. The minimum Gasteiger partial charge on any atom is -0.497 e. The van der Waals surface area contributed by atoms with Crippen molar-refractivity contribution >= 4 is 5.82 Å². The number of nitrogens with one attached hydrogen (secondary N) is 1. The van der Waals surface area contributed by atoms with Gasteiger partial charge in [0.15, 0.2) is 0 Å². The number of aryl methyl sites for hydroxylation is 1. The first-order valence-electron chi connectivity index (χ1n) is 6.89. The Morgan fingerprint density at radius 2 is 1.80 bits per heavy atom. The van der Waals surface area contributed by atoms with Gasteiger partial charge in [-0.05, 0) is 44.5 Å². The Balaban J connectivity index is 2.41. The molecule has 0 radical (unpaired) electrons. The fraction of sp³-hybridized carbons (Fsp3) is 0.375. The van der Waals surface area contributed by atoms with E-state index in [1.807, 2.05) is 31.2 Å². The Hall–Kier alpha value is -2.10. The third-order valence-corrected chi connectivity index (χ3v) is 3.16. The number of anilines is 1. The highest BCUT2D eigenvalue weighted by Gasteiger charge is 2.10. The quantitative estimate of drug-likeness (QED) is 0.902. The van der Waals surface area contributed by atoms with Gasteiger partial charge in [0.05, 0.1) is 12.8 Å². The zero-order valence-electron chi connectivity index (χ0n) is 12.5. The molecule has 0 fully saturated rings. The normalized spacial score (nSPS) is 10.4. The van der Waals surface area contributed by atoms with Crippen LogP contribution in [0.4, 0.5) is 5.82 Å². The molecule has 0 bridgehead atoms. The van der Waals surface area contributed by atoms with E-state index in [9.17, 15) is 0 Å². The summed E-state index contributed by atoms with van der Waals surface area (Å²) in [5.74, 6) is 2.55. The minimum absolute atomic E-state index is 0.778. The van der Waals surface area contributed by atoms with Crippen molar-refractivity contribution in [3.63, 3.8) is 0 Å². The highest BCUT2D eigenvalue weighted by molar-refractivity contribution is 5.68. The summed E-state index contributed by atoms with van der Waals surface area (Å²) in [6, 6.07) is 7.95. The average molecular weight is 271 g/mol. The summed E-state index contributed by atoms with van der Waals surface area (Å²) in [6.45, 7) is 7.03. The molecule has 4 heteroatoms. The first kappa shape index (κ1) is 14.3. The lowest BCUT2D eigenvalue weighted by Crippen LogP contribution is -2.07. The summed E-state index contributed by atoms with van der Waals surface area (Å²) >= 11 is 0. The number of ether oxygens (including phenoxy) is 1. The van der Waals surface area contributed by atoms with Crippen LogP contribution >= 0.6 is 0 Å². The Kier molecular flexibility index (Phi) is 4.56. The van der Waals surface area contributed by atoms with E-state index in [0.29, 0.717) is 0 Å². The maximum absolute atomic E-state index is 5.19. The third-order valence-electron chi connectivity index (χ3n) is 3.16. The lowest BCUT2D eigenvalue weighted by molar-refractivity contribution is 0.415. The Bertz CT molecular complexity index is 579. The van der Waals surface area contributed by atoms with Gasteiger partial charge in [0.25, 0.3) is 0 Å². The van der Waals surface area contributed by atoms with Crippen LogP contribution in [0.5, 0.6) is 5.75 Å². The lowest BCUT2D eigenvalue weighted by atomic mass is 10.1. The van der Waals surface area contributed by atoms with Gasteiger partial charge in [-0.15, -0.1) is 0 Å². The van der Waals surface area contributed by atoms with Gasteiger partial charge >= 0.3 is 0 Å². The van der Waals surface area contributed by atoms with Gasteiger partial charge in [-0.2, -0.15) is 0 Å². The molecule has 0 saturated heterocycles. The number of hydrogen-bond acceptors (Lipinski definition) is 4. The smallest absolute Gasteiger partial charge is 0.133 e. The number of hydrogen-bond donors (Lipinski definition) is 1. The van der Waals surface area contributed by atoms with E-state index in [0.717, 1.165) is 47.2 Å². The van der Waals surface area contributed by atoms with Crippen LogP contribution in [0.25, 0.3) is 11.3 Å². The van der Waals surface area contributed by atoms with Gasteiger partial charge < -0.3 is 10.1 Å². The number of nitrogens with zero attached hydrogens (tertiary/aromatic N) is 2. The minimum atomic E-state index is 0.778. The molecule has 0 aliphatic heterocycles. The second kappa shape index (κ2) is 6.37. The van der Waals surface area contributed by atoms with Gasteiger partial charge in [0.2, 0.25) is 0 Å². The molecule has 1 aromatic carbocycles. The van der Waals surface area contributed by atoms with Gasteiger partial charge in [-0.1, -0.05) is 6.92 Å². The predicted octanol–water partition coefficient (Wildman–Crippen LogP) is 3.59. The molecule has 2 rings (SSSR count). The Morgan fingerprint density at radius 3 is 2.40 bits per heavy atom. The van der Waals surface area contributed by atoms with Crippen molar-refractivity contribution in [2.24, 2.45) is 0 Å². The summed E-state index contributed by atoms with van der Waals surface area (Å²) in [5, 5.41) is 3.36. The lowest BCUT2D eigenvalue weighted by Gasteiger charge is -2.13. The fourth-order valence-electron chi connectivity index (χ4n) is 2.07. The van der Waals surface area contributed by atoms with Crippen LogP contribution in [-0.4, -0.2) is 23.6 Å². The van der Waals surface area contributed by atoms with E-state index in [1.165, 1.54) is 0 Å². The van der Waals surface area contributed by atoms with E-state index in [2.05, 4.69) is 29.1 Å². The second-order valence-corrected chi connectivity index (χ2v) is 4.75. The first-order chi connectivity index (χ1) is 9.65. The molecule has 1 aromatic heterocycles. The molecule has 4 nitrogen and oxygen atoms in total. The van der Waals surface area contributed by atoms with Crippen molar-refractivity contribution in [3.8, 4) is 17.0 Å². The van der Waals surface area contributed by atoms with Crippen LogP contribution in [0, 0.1) is 13.8 Å². The highest BCUT2D eigenvalue weighted by atomic mass is 16.5. The predicted molar refractivity (Wildman–Crippen MR) is 82.3 cm³/mol. The fourth-order valence-corrected chi connectivity index (χ4v) is 2.07. The van der Waals surface area contributed by atoms with Crippen LogP contribution in [0.3, 0.4) is 0 Å². The van der Waals surface area contributed by atoms with Crippen molar-refractivity contribution in [2.75, 3.05) is 19.0 Å². The van der Waals surface area contributed by atoms with Gasteiger partial charge in [-0.25, -0.2) is 9.97 Å². The first-order valence-corrected chi connectivity index (χ1v) is 6.89. The molecule has 1 N–H and O–H groups in total. The van der Waals surface area contributed by atoms with E-state index < -0.39 is 0 Å². The van der Waals surface area contributed by atoms with Crippen LogP contribution < -0.4 is 10.1 Å². The molecular weight excluding hydrogens is 250 g/mol. The third kappa shape index (κ3) is 3.07. The van der Waals surface area contributed by atoms with Gasteiger partial charge in [-0.3, -0.25) is 0 Å². The molecule has 0 amide bonds. The highest BCUT2D eigenvalue weighted by Crippen LogP contribution is 2.27. The van der Waals surface area contributed by atoms with E-state index in [4.69, 9.17) is 4.74 Å². The largest absolute Gasteiger partial charge is 0.497 e. The van der Waals surface area contributed by atoms with Crippen molar-refractivity contribution in [1.29, 1.82) is 0 Å². The molecule has 0 spiro atoms. The summed E-state index contributed by atoms with van der Waals surface area (Å²) in [5.41, 5.74) is 3.13. The van der Waals surface area contributed by atoms with Crippen LogP contribution in [-0.2, 0) is 0 Å². The van der Waals surface area contributed by atoms with Gasteiger partial charge in [0, 0.05) is 17.7 Å². The van der Waals surface area contributed by atoms with Gasteiger partial charge in [0.1, 0.15) is 17.4 Å². The van der Waals surface area contributed by atoms with Crippen LogP contribution in [0.2, 0.25) is 0 Å². The van der Waals surface area contributed by atoms with Crippen LogP contribution in [0.15, 0.2) is 24.3 Å². The summed E-state index contributed by atoms with van der Waals surface area (Å²) in [6.07, 6.45) is 1.07. The zero-order valence-corrected chi connectivity index (χ0v) is 12.5. The summed E-state index contributed by atoms with van der Waals surface area (Å²) in [4.78, 5) is 9.06. The maximum atomic E-state index is 5.19. The van der Waals surface area contributed by atoms with Crippen LogP contribution in [0.1, 0.15) is 24.7 Å².